The summed E-state index contributed by atoms with van der Waals surface area (Å²) in [7, 11) is 1.37. The average molecular weight is 348 g/mol. The van der Waals surface area contributed by atoms with Crippen molar-refractivity contribution >= 4 is 5.97 Å². The van der Waals surface area contributed by atoms with Crippen LogP contribution in [0.2, 0.25) is 0 Å². The monoisotopic (exact) mass is 348 g/mol. The van der Waals surface area contributed by atoms with E-state index in [1.54, 1.807) is 0 Å². The molecule has 2 bridgehead atoms. The Morgan fingerprint density at radius 3 is 2.68 bits per heavy atom. The fraction of sp³-hybridized carbons (Fsp3) is 0.667. The maximum Gasteiger partial charge on any atom is 0.333 e. The first-order valence-electron chi connectivity index (χ1n) is 9.20. The van der Waals surface area contributed by atoms with Crippen molar-refractivity contribution in [2.45, 2.75) is 77.1 Å². The lowest BCUT2D eigenvalue weighted by Crippen LogP contribution is -2.39. The molecule has 0 unspecified atom stereocenters. The summed E-state index contributed by atoms with van der Waals surface area (Å²) in [5.74, 6) is -0.507. The zero-order valence-corrected chi connectivity index (χ0v) is 16.0. The number of esters is 1. The topological polar surface area (TPSA) is 55.8 Å². The Bertz CT molecular complexity index is 570. The molecule has 0 radical (unpaired) electrons. The first-order valence-corrected chi connectivity index (χ1v) is 9.20. The van der Waals surface area contributed by atoms with Gasteiger partial charge in [0, 0.05) is 11.5 Å². The highest BCUT2D eigenvalue weighted by molar-refractivity contribution is 5.88. The van der Waals surface area contributed by atoms with Crippen molar-refractivity contribution in [2.75, 3.05) is 7.11 Å². The number of aliphatic hydroxyl groups is 1. The second-order valence-corrected chi connectivity index (χ2v) is 7.76. The van der Waals surface area contributed by atoms with Crippen LogP contribution in [0.5, 0.6) is 0 Å². The van der Waals surface area contributed by atoms with Gasteiger partial charge in [-0.2, -0.15) is 0 Å². The van der Waals surface area contributed by atoms with E-state index in [1.807, 2.05) is 6.92 Å². The Hall–Kier alpha value is -1.39. The number of hydrogen-bond acceptors (Lipinski definition) is 4. The van der Waals surface area contributed by atoms with Crippen LogP contribution < -0.4 is 0 Å². The average Bonchev–Trinajstić information content (AvgIpc) is 2.97. The second kappa shape index (κ2) is 8.33. The molecule has 4 nitrogen and oxygen atoms in total. The lowest BCUT2D eigenvalue weighted by Gasteiger charge is -2.29. The van der Waals surface area contributed by atoms with Crippen LogP contribution in [0.4, 0.5) is 0 Å². The maximum atomic E-state index is 12.0. The van der Waals surface area contributed by atoms with E-state index in [0.717, 1.165) is 25.7 Å². The SMILES string of the molecule is C=C(C(=O)OC)[C@@H]1C[C@@H]2O[C@H]1C/C(C)=C/CC/C(C)=C/CC[C@@]2(C)O. The summed E-state index contributed by atoms with van der Waals surface area (Å²) in [6, 6.07) is 0. The normalized spacial score (nSPS) is 38.2. The zero-order valence-electron chi connectivity index (χ0n) is 16.0. The van der Waals surface area contributed by atoms with E-state index in [1.165, 1.54) is 18.3 Å². The van der Waals surface area contributed by atoms with Crippen LogP contribution in [-0.4, -0.2) is 36.0 Å². The van der Waals surface area contributed by atoms with Crippen LogP contribution in [0.1, 0.15) is 59.3 Å². The number of carbonyl (C=O) groups excluding carboxylic acids is 1. The third kappa shape index (κ3) is 5.05. The Labute approximate surface area is 151 Å². The van der Waals surface area contributed by atoms with Gasteiger partial charge in [0.1, 0.15) is 0 Å². The molecule has 0 aromatic carbocycles. The number of methoxy groups -OCH3 is 1. The number of fused-ring (bicyclic) bond motifs is 2. The molecule has 140 valence electrons. The van der Waals surface area contributed by atoms with Crippen LogP contribution >= 0.6 is 0 Å². The Kier molecular flexibility index (Phi) is 6.64. The molecule has 1 N–H and O–H groups in total. The van der Waals surface area contributed by atoms with Gasteiger partial charge in [-0.3, -0.25) is 0 Å². The smallest absolute Gasteiger partial charge is 0.333 e. The summed E-state index contributed by atoms with van der Waals surface area (Å²) in [4.78, 5) is 12.0. The van der Waals surface area contributed by atoms with Crippen LogP contribution in [0.15, 0.2) is 35.5 Å². The Morgan fingerprint density at radius 1 is 1.32 bits per heavy atom. The minimum Gasteiger partial charge on any atom is -0.466 e. The summed E-state index contributed by atoms with van der Waals surface area (Å²) in [5.41, 5.74) is 2.13. The predicted molar refractivity (Wildman–Crippen MR) is 99.1 cm³/mol. The summed E-state index contributed by atoms with van der Waals surface area (Å²) < 4.78 is 11.1. The van der Waals surface area contributed by atoms with Crippen molar-refractivity contribution in [1.82, 2.24) is 0 Å². The molecule has 0 aromatic heterocycles. The molecular weight excluding hydrogens is 316 g/mol. The van der Waals surface area contributed by atoms with Crippen LogP contribution in [0.25, 0.3) is 0 Å². The molecule has 2 aliphatic heterocycles. The van der Waals surface area contributed by atoms with Gasteiger partial charge in [0.25, 0.3) is 0 Å². The van der Waals surface area contributed by atoms with Crippen molar-refractivity contribution in [2.24, 2.45) is 5.92 Å². The highest BCUT2D eigenvalue weighted by Crippen LogP contribution is 2.40. The van der Waals surface area contributed by atoms with E-state index < -0.39 is 5.60 Å². The molecule has 0 saturated carbocycles. The Balaban J connectivity index is 2.27. The summed E-state index contributed by atoms with van der Waals surface area (Å²) >= 11 is 0. The molecule has 1 fully saturated rings. The van der Waals surface area contributed by atoms with E-state index in [2.05, 4.69) is 32.6 Å². The summed E-state index contributed by atoms with van der Waals surface area (Å²) in [6.07, 6.45) is 8.88. The van der Waals surface area contributed by atoms with Gasteiger partial charge >= 0.3 is 5.97 Å². The zero-order chi connectivity index (χ0) is 18.6. The lowest BCUT2D eigenvalue weighted by atomic mass is 9.83. The van der Waals surface area contributed by atoms with Crippen LogP contribution in [0.3, 0.4) is 0 Å². The molecule has 2 heterocycles. The van der Waals surface area contributed by atoms with Gasteiger partial charge in [0.2, 0.25) is 0 Å². The molecule has 2 rings (SSSR count). The number of ether oxygens (including phenoxy) is 2. The number of allylic oxidation sites excluding steroid dienone is 3. The van der Waals surface area contributed by atoms with E-state index in [4.69, 9.17) is 9.47 Å². The van der Waals surface area contributed by atoms with Gasteiger partial charge in [-0.05, 0) is 59.3 Å². The van der Waals surface area contributed by atoms with E-state index in [-0.39, 0.29) is 24.1 Å². The van der Waals surface area contributed by atoms with Crippen molar-refractivity contribution < 1.29 is 19.4 Å². The third-order valence-electron chi connectivity index (χ3n) is 5.54. The molecule has 1 saturated heterocycles. The highest BCUT2D eigenvalue weighted by atomic mass is 16.5. The van der Waals surface area contributed by atoms with E-state index >= 15 is 0 Å². The molecule has 4 heteroatoms. The largest absolute Gasteiger partial charge is 0.466 e. The van der Waals surface area contributed by atoms with Gasteiger partial charge in [-0.15, -0.1) is 0 Å². The fourth-order valence-corrected chi connectivity index (χ4v) is 3.80. The van der Waals surface area contributed by atoms with E-state index in [0.29, 0.717) is 18.4 Å². The number of carbonyl (C=O) groups is 1. The quantitative estimate of drug-likeness (QED) is 0.464. The first kappa shape index (κ1) is 19.9. The summed E-state index contributed by atoms with van der Waals surface area (Å²) in [6.45, 7) is 10.0. The van der Waals surface area contributed by atoms with Gasteiger partial charge in [0.05, 0.1) is 24.9 Å². The van der Waals surface area contributed by atoms with Crippen molar-refractivity contribution in [3.05, 3.63) is 35.5 Å². The van der Waals surface area contributed by atoms with Crippen molar-refractivity contribution in [1.29, 1.82) is 0 Å². The van der Waals surface area contributed by atoms with Crippen molar-refractivity contribution in [3.63, 3.8) is 0 Å². The molecule has 4 atom stereocenters. The molecule has 0 amide bonds. The predicted octanol–water partition coefficient (Wildman–Crippen LogP) is 4.10. The maximum absolute atomic E-state index is 12.0. The van der Waals surface area contributed by atoms with Gasteiger partial charge in [-0.1, -0.05) is 29.9 Å². The molecular formula is C21H32O4. The van der Waals surface area contributed by atoms with Gasteiger partial charge in [0.15, 0.2) is 0 Å². The highest BCUT2D eigenvalue weighted by Gasteiger charge is 2.45. The summed E-state index contributed by atoms with van der Waals surface area (Å²) in [5, 5.41) is 10.9. The minimum atomic E-state index is -0.925. The molecule has 2 aliphatic rings. The number of hydrogen-bond donors (Lipinski definition) is 1. The first-order chi connectivity index (χ1) is 11.7. The Morgan fingerprint density at radius 2 is 2.00 bits per heavy atom. The molecule has 0 spiro atoms. The van der Waals surface area contributed by atoms with Gasteiger partial charge < -0.3 is 14.6 Å². The standard InChI is InChI=1S/C21H32O4/c1-14-8-6-9-15(2)12-18-17(16(3)20(22)24-5)13-19(25-18)21(4,23)11-7-10-14/h9-10,17-19,23H,3,6-8,11-13H2,1-2,4-5H3/b14-10+,15-9+/t17-,18-,19-,21+/m0/s1. The number of rotatable bonds is 2. The second-order valence-electron chi connectivity index (χ2n) is 7.76. The molecule has 0 aliphatic carbocycles. The lowest BCUT2D eigenvalue weighted by molar-refractivity contribution is -0.137. The van der Waals surface area contributed by atoms with Crippen molar-refractivity contribution in [3.8, 4) is 0 Å². The van der Waals surface area contributed by atoms with Crippen LogP contribution in [0, 0.1) is 5.92 Å². The third-order valence-corrected chi connectivity index (χ3v) is 5.54. The van der Waals surface area contributed by atoms with Gasteiger partial charge in [-0.25, -0.2) is 4.79 Å². The van der Waals surface area contributed by atoms with Crippen LogP contribution in [-0.2, 0) is 14.3 Å². The van der Waals surface area contributed by atoms with E-state index in [9.17, 15) is 9.90 Å². The molecule has 0 aromatic rings. The fourth-order valence-electron chi connectivity index (χ4n) is 3.80. The molecule has 25 heavy (non-hydrogen) atoms. The minimum absolute atomic E-state index is 0.118.